The van der Waals surface area contributed by atoms with Gasteiger partial charge in [0.15, 0.2) is 0 Å². The molecule has 0 atom stereocenters. The highest BCUT2D eigenvalue weighted by molar-refractivity contribution is 6.31. The predicted molar refractivity (Wildman–Crippen MR) is 122 cm³/mol. The molecule has 0 bridgehead atoms. The number of para-hydroxylation sites is 1. The molecule has 0 saturated heterocycles. The molecule has 0 radical (unpaired) electrons. The van der Waals surface area contributed by atoms with Crippen molar-refractivity contribution < 1.29 is 14.3 Å². The molecule has 3 aromatic rings. The van der Waals surface area contributed by atoms with Crippen molar-refractivity contribution in [3.05, 3.63) is 94.5 Å². The summed E-state index contributed by atoms with van der Waals surface area (Å²) in [4.78, 5) is 12.6. The summed E-state index contributed by atoms with van der Waals surface area (Å²) in [5, 5.41) is 12.8. The maximum atomic E-state index is 12.6. The molecule has 0 aliphatic carbocycles. The van der Waals surface area contributed by atoms with E-state index >= 15 is 0 Å². The normalized spacial score (nSPS) is 10.8. The van der Waals surface area contributed by atoms with Gasteiger partial charge < -0.3 is 14.8 Å². The van der Waals surface area contributed by atoms with Gasteiger partial charge in [0, 0.05) is 21.8 Å². The molecule has 0 fully saturated rings. The fourth-order valence-corrected chi connectivity index (χ4v) is 2.99. The van der Waals surface area contributed by atoms with E-state index in [0.717, 1.165) is 5.56 Å². The van der Waals surface area contributed by atoms with Crippen molar-refractivity contribution in [2.45, 2.75) is 13.5 Å². The van der Waals surface area contributed by atoms with Gasteiger partial charge in [0.2, 0.25) is 0 Å². The molecule has 0 spiro atoms. The Morgan fingerprint density at radius 1 is 1.03 bits per heavy atom. The molecule has 6 heteroatoms. The number of rotatable bonds is 8. The Morgan fingerprint density at radius 2 is 1.74 bits per heavy atom. The number of nitriles is 1. The van der Waals surface area contributed by atoms with Crippen molar-refractivity contribution in [1.29, 1.82) is 5.26 Å². The highest BCUT2D eigenvalue weighted by atomic mass is 35.5. The Hall–Kier alpha value is -3.75. The first-order valence-corrected chi connectivity index (χ1v) is 10.1. The van der Waals surface area contributed by atoms with E-state index in [9.17, 15) is 10.1 Å². The van der Waals surface area contributed by atoms with E-state index in [4.69, 9.17) is 21.1 Å². The van der Waals surface area contributed by atoms with E-state index in [1.807, 2.05) is 49.4 Å². The van der Waals surface area contributed by atoms with Gasteiger partial charge in [0.25, 0.3) is 5.91 Å². The zero-order valence-electron chi connectivity index (χ0n) is 17.0. The molecular weight excluding hydrogens is 412 g/mol. The Labute approximate surface area is 186 Å². The van der Waals surface area contributed by atoms with E-state index in [1.54, 1.807) is 36.4 Å². The van der Waals surface area contributed by atoms with Crippen LogP contribution < -0.4 is 14.8 Å². The van der Waals surface area contributed by atoms with Gasteiger partial charge in [-0.1, -0.05) is 48.0 Å². The minimum absolute atomic E-state index is 0.0220. The van der Waals surface area contributed by atoms with E-state index < -0.39 is 5.91 Å². The van der Waals surface area contributed by atoms with Crippen LogP contribution in [0.2, 0.25) is 5.02 Å². The zero-order chi connectivity index (χ0) is 22.1. The van der Waals surface area contributed by atoms with Gasteiger partial charge >= 0.3 is 0 Å². The van der Waals surface area contributed by atoms with E-state index in [0.29, 0.717) is 41.0 Å². The first kappa shape index (κ1) is 21.9. The molecule has 156 valence electrons. The lowest BCUT2D eigenvalue weighted by Crippen LogP contribution is -2.13. The molecule has 0 aliphatic rings. The van der Waals surface area contributed by atoms with Crippen molar-refractivity contribution in [2.75, 3.05) is 11.9 Å². The number of carbonyl (C=O) groups excluding carboxylic acids is 1. The molecular formula is C25H21ClN2O3. The summed E-state index contributed by atoms with van der Waals surface area (Å²) in [6, 6.07) is 23.6. The lowest BCUT2D eigenvalue weighted by atomic mass is 10.1. The number of halogens is 1. The van der Waals surface area contributed by atoms with Crippen LogP contribution in [0, 0.1) is 11.3 Å². The third kappa shape index (κ3) is 6.11. The number of amides is 1. The summed E-state index contributed by atoms with van der Waals surface area (Å²) in [5.74, 6) is 0.753. The highest BCUT2D eigenvalue weighted by Gasteiger charge is 2.11. The van der Waals surface area contributed by atoms with Crippen molar-refractivity contribution >= 4 is 29.3 Å². The van der Waals surface area contributed by atoms with Crippen LogP contribution in [0.25, 0.3) is 6.08 Å². The number of anilines is 1. The summed E-state index contributed by atoms with van der Waals surface area (Å²) in [6.45, 7) is 2.70. The molecule has 1 amide bonds. The quantitative estimate of drug-likeness (QED) is 0.357. The summed E-state index contributed by atoms with van der Waals surface area (Å²) in [5.41, 5.74) is 2.08. The van der Waals surface area contributed by atoms with Crippen LogP contribution in [-0.2, 0) is 11.4 Å². The topological polar surface area (TPSA) is 71.3 Å². The van der Waals surface area contributed by atoms with Crippen LogP contribution >= 0.6 is 11.6 Å². The van der Waals surface area contributed by atoms with E-state index in [1.165, 1.54) is 6.08 Å². The second-order valence-electron chi connectivity index (χ2n) is 6.50. The Bertz CT molecular complexity index is 1120. The van der Waals surface area contributed by atoms with Gasteiger partial charge in [-0.25, -0.2) is 0 Å². The summed E-state index contributed by atoms with van der Waals surface area (Å²) in [6.07, 6.45) is 1.52. The highest BCUT2D eigenvalue weighted by Crippen LogP contribution is 2.23. The van der Waals surface area contributed by atoms with Gasteiger partial charge in [-0.2, -0.15) is 5.26 Å². The molecule has 0 aromatic heterocycles. The number of hydrogen-bond donors (Lipinski definition) is 1. The maximum Gasteiger partial charge on any atom is 0.266 e. The maximum absolute atomic E-state index is 12.6. The number of benzene rings is 3. The second-order valence-corrected chi connectivity index (χ2v) is 6.91. The van der Waals surface area contributed by atoms with Crippen molar-refractivity contribution in [2.24, 2.45) is 0 Å². The average Bonchev–Trinajstić information content (AvgIpc) is 2.79. The molecule has 1 N–H and O–H groups in total. The van der Waals surface area contributed by atoms with Crippen LogP contribution in [0.3, 0.4) is 0 Å². The SMILES string of the molecule is CCOc1ccccc1/C=C(\C#N)C(=O)Nc1ccc(OCc2ccccc2Cl)cc1. The Balaban J connectivity index is 1.65. The monoisotopic (exact) mass is 432 g/mol. The lowest BCUT2D eigenvalue weighted by molar-refractivity contribution is -0.112. The second kappa shape index (κ2) is 10.9. The molecule has 0 saturated carbocycles. The van der Waals surface area contributed by atoms with Crippen LogP contribution in [0.1, 0.15) is 18.1 Å². The first-order valence-electron chi connectivity index (χ1n) is 9.72. The molecule has 0 aliphatic heterocycles. The van der Waals surface area contributed by atoms with Crippen LogP contribution in [0.15, 0.2) is 78.4 Å². The minimum Gasteiger partial charge on any atom is -0.493 e. The molecule has 31 heavy (non-hydrogen) atoms. The van der Waals surface area contributed by atoms with E-state index in [-0.39, 0.29) is 5.57 Å². The number of nitrogens with one attached hydrogen (secondary N) is 1. The Morgan fingerprint density at radius 3 is 2.45 bits per heavy atom. The fraction of sp³-hybridized carbons (Fsp3) is 0.120. The standard InChI is InChI=1S/C25H21ClN2O3/c1-2-30-24-10-6-4-7-18(24)15-20(16-27)25(29)28-21-11-13-22(14-12-21)31-17-19-8-3-5-9-23(19)26/h3-15H,2,17H2,1H3,(H,28,29)/b20-15+. The van der Waals surface area contributed by atoms with Gasteiger partial charge in [0.1, 0.15) is 29.7 Å². The summed E-state index contributed by atoms with van der Waals surface area (Å²) in [7, 11) is 0. The largest absolute Gasteiger partial charge is 0.493 e. The van der Waals surface area contributed by atoms with Gasteiger partial charge in [-0.3, -0.25) is 4.79 Å². The van der Waals surface area contributed by atoms with Gasteiger partial charge in [-0.05, 0) is 49.4 Å². The van der Waals surface area contributed by atoms with Crippen LogP contribution in [0.4, 0.5) is 5.69 Å². The van der Waals surface area contributed by atoms with Gasteiger partial charge in [-0.15, -0.1) is 0 Å². The molecule has 5 nitrogen and oxygen atoms in total. The van der Waals surface area contributed by atoms with E-state index in [2.05, 4.69) is 5.32 Å². The van der Waals surface area contributed by atoms with Gasteiger partial charge in [0.05, 0.1) is 6.61 Å². The third-order valence-corrected chi connectivity index (χ3v) is 4.72. The molecule has 0 heterocycles. The Kier molecular flexibility index (Phi) is 7.69. The number of carbonyl (C=O) groups is 1. The molecule has 3 rings (SSSR count). The molecule has 3 aromatic carbocycles. The predicted octanol–water partition coefficient (Wildman–Crippen LogP) is 5.86. The van der Waals surface area contributed by atoms with Crippen molar-refractivity contribution in [1.82, 2.24) is 0 Å². The third-order valence-electron chi connectivity index (χ3n) is 4.35. The van der Waals surface area contributed by atoms with Crippen LogP contribution in [0.5, 0.6) is 11.5 Å². The fourth-order valence-electron chi connectivity index (χ4n) is 2.80. The average molecular weight is 433 g/mol. The number of ether oxygens (including phenoxy) is 2. The zero-order valence-corrected chi connectivity index (χ0v) is 17.7. The number of nitrogens with zero attached hydrogens (tertiary/aromatic N) is 1. The lowest BCUT2D eigenvalue weighted by Gasteiger charge is -2.10. The van der Waals surface area contributed by atoms with Crippen LogP contribution in [-0.4, -0.2) is 12.5 Å². The number of hydrogen-bond acceptors (Lipinski definition) is 4. The smallest absolute Gasteiger partial charge is 0.266 e. The molecule has 0 unspecified atom stereocenters. The summed E-state index contributed by atoms with van der Waals surface area (Å²) < 4.78 is 11.3. The van der Waals surface area contributed by atoms with Crippen molar-refractivity contribution in [3.8, 4) is 17.6 Å². The first-order chi connectivity index (χ1) is 15.1. The summed E-state index contributed by atoms with van der Waals surface area (Å²) >= 11 is 6.13. The minimum atomic E-state index is -0.501. The van der Waals surface area contributed by atoms with Crippen molar-refractivity contribution in [3.63, 3.8) is 0 Å².